The third kappa shape index (κ3) is 4.22. The van der Waals surface area contributed by atoms with E-state index in [0.29, 0.717) is 23.8 Å². The van der Waals surface area contributed by atoms with E-state index in [0.717, 1.165) is 39.6 Å². The number of hydrogen-bond acceptors (Lipinski definition) is 3. The van der Waals surface area contributed by atoms with Gasteiger partial charge in [0.05, 0.1) is 5.69 Å². The Hall–Kier alpha value is -3.64. The Morgan fingerprint density at radius 3 is 2.00 bits per heavy atom. The molecule has 5 rings (SSSR count). The summed E-state index contributed by atoms with van der Waals surface area (Å²) in [7, 11) is 0. The van der Waals surface area contributed by atoms with Crippen molar-refractivity contribution in [3.63, 3.8) is 0 Å². The average molecular weight is 461 g/mol. The predicted octanol–water partition coefficient (Wildman–Crippen LogP) is 6.73. The maximum atomic E-state index is 13.8. The molecule has 2 aromatic carbocycles. The van der Waals surface area contributed by atoms with Crippen molar-refractivity contribution in [2.24, 2.45) is 0 Å². The van der Waals surface area contributed by atoms with Gasteiger partial charge in [-0.25, -0.2) is 13.8 Å². The molecule has 7 heteroatoms. The minimum Gasteiger partial charge on any atom is -0.270 e. The van der Waals surface area contributed by atoms with E-state index < -0.39 is 0 Å². The van der Waals surface area contributed by atoms with E-state index in [1.54, 1.807) is 36.7 Å². The molecule has 0 N–H and O–H groups in total. The van der Waals surface area contributed by atoms with Gasteiger partial charge in [-0.1, -0.05) is 12.1 Å². The fraction of sp³-hybridized carbons (Fsp3) is 0.115. The van der Waals surface area contributed by atoms with E-state index in [1.165, 1.54) is 24.3 Å². The Morgan fingerprint density at radius 1 is 0.758 bits per heavy atom. The van der Waals surface area contributed by atoms with Gasteiger partial charge in [0.1, 0.15) is 11.6 Å². The number of nitrogens with zero attached hydrogens (tertiary/aromatic N) is 4. The van der Waals surface area contributed by atoms with Gasteiger partial charge < -0.3 is 0 Å². The van der Waals surface area contributed by atoms with Crippen molar-refractivity contribution in [1.29, 1.82) is 0 Å². The Morgan fingerprint density at radius 2 is 1.36 bits per heavy atom. The number of fused-ring (bicyclic) bond motifs is 1. The van der Waals surface area contributed by atoms with Crippen molar-refractivity contribution < 1.29 is 8.78 Å². The van der Waals surface area contributed by atoms with Crippen molar-refractivity contribution in [2.45, 2.75) is 13.0 Å². The highest BCUT2D eigenvalue weighted by molar-refractivity contribution is 6.17. The van der Waals surface area contributed by atoms with Crippen LogP contribution in [0, 0.1) is 11.6 Å². The van der Waals surface area contributed by atoms with Gasteiger partial charge in [0.15, 0.2) is 5.65 Å². The molecule has 0 saturated heterocycles. The molecule has 0 radical (unpaired) electrons. The van der Waals surface area contributed by atoms with Crippen LogP contribution in [0.4, 0.5) is 8.78 Å². The average Bonchev–Trinajstić information content (AvgIpc) is 3.26. The van der Waals surface area contributed by atoms with Crippen molar-refractivity contribution in [1.82, 2.24) is 19.7 Å². The van der Waals surface area contributed by atoms with Crippen LogP contribution in [0.2, 0.25) is 0 Å². The Kier molecular flexibility index (Phi) is 5.84. The molecule has 0 saturated carbocycles. The normalized spacial score (nSPS) is 11.2. The zero-order valence-electron chi connectivity index (χ0n) is 17.5. The summed E-state index contributed by atoms with van der Waals surface area (Å²) >= 11 is 5.89. The lowest BCUT2D eigenvalue weighted by Crippen LogP contribution is -1.98. The summed E-state index contributed by atoms with van der Waals surface area (Å²) in [5, 5.41) is 5.52. The second kappa shape index (κ2) is 9.08. The van der Waals surface area contributed by atoms with Crippen molar-refractivity contribution in [2.75, 3.05) is 5.88 Å². The molecule has 0 aliphatic rings. The largest absolute Gasteiger partial charge is 0.270 e. The van der Waals surface area contributed by atoms with Crippen LogP contribution < -0.4 is 0 Å². The van der Waals surface area contributed by atoms with Crippen LogP contribution in [-0.4, -0.2) is 25.6 Å². The van der Waals surface area contributed by atoms with Gasteiger partial charge in [0, 0.05) is 53.1 Å². The summed E-state index contributed by atoms with van der Waals surface area (Å²) in [6.45, 7) is 0.652. The molecule has 3 aromatic heterocycles. The van der Waals surface area contributed by atoms with Crippen LogP contribution in [0.3, 0.4) is 0 Å². The quantitative estimate of drug-likeness (QED) is 0.264. The molecule has 0 amide bonds. The SMILES string of the molecule is Fc1ccc(-c2nc3nn(CCCCl)cc3c(-c3ccc(F)cc3)c2-c2ccncc2)cc1. The lowest BCUT2D eigenvalue weighted by atomic mass is 9.90. The van der Waals surface area contributed by atoms with Gasteiger partial charge in [-0.3, -0.25) is 9.67 Å². The van der Waals surface area contributed by atoms with E-state index in [-0.39, 0.29) is 11.6 Å². The van der Waals surface area contributed by atoms with Crippen LogP contribution in [0.1, 0.15) is 6.42 Å². The number of aryl methyl sites for hydroxylation is 1. The van der Waals surface area contributed by atoms with E-state index in [2.05, 4.69) is 10.1 Å². The highest BCUT2D eigenvalue weighted by Crippen LogP contribution is 2.42. The number of benzene rings is 2. The Balaban J connectivity index is 1.88. The number of halogens is 3. The third-order valence-electron chi connectivity index (χ3n) is 5.46. The Bertz CT molecular complexity index is 1400. The number of aromatic nitrogens is 4. The standard InChI is InChI=1S/C26H19ClF2N4/c27-12-1-15-33-16-22-23(17-2-6-20(28)7-3-17)24(18-10-13-30-14-11-18)25(31-26(22)32-33)19-4-8-21(29)9-5-19/h2-11,13-14,16H,1,12,15H2. The first-order valence-electron chi connectivity index (χ1n) is 10.5. The first-order valence-corrected chi connectivity index (χ1v) is 11.1. The molecule has 0 spiro atoms. The molecular weight excluding hydrogens is 442 g/mol. The zero-order valence-corrected chi connectivity index (χ0v) is 18.3. The fourth-order valence-corrected chi connectivity index (χ4v) is 4.07. The number of alkyl halides is 1. The minimum atomic E-state index is -0.325. The van der Waals surface area contributed by atoms with E-state index in [1.807, 2.05) is 23.0 Å². The van der Waals surface area contributed by atoms with Gasteiger partial charge in [-0.05, 0) is 66.1 Å². The van der Waals surface area contributed by atoms with Gasteiger partial charge in [0.25, 0.3) is 0 Å². The molecule has 4 nitrogen and oxygen atoms in total. The van der Waals surface area contributed by atoms with E-state index in [9.17, 15) is 8.78 Å². The number of hydrogen-bond donors (Lipinski definition) is 0. The van der Waals surface area contributed by atoms with E-state index in [4.69, 9.17) is 16.6 Å². The molecule has 164 valence electrons. The molecule has 0 fully saturated rings. The zero-order chi connectivity index (χ0) is 22.8. The molecule has 3 heterocycles. The van der Waals surface area contributed by atoms with Crippen molar-refractivity contribution in [3.8, 4) is 33.5 Å². The molecular formula is C26H19ClF2N4. The fourth-order valence-electron chi connectivity index (χ4n) is 3.95. The van der Waals surface area contributed by atoms with Crippen molar-refractivity contribution >= 4 is 22.6 Å². The Labute approximate surface area is 194 Å². The van der Waals surface area contributed by atoms with E-state index >= 15 is 0 Å². The van der Waals surface area contributed by atoms with Gasteiger partial charge in [-0.2, -0.15) is 5.10 Å². The monoisotopic (exact) mass is 460 g/mol. The maximum absolute atomic E-state index is 13.8. The first kappa shape index (κ1) is 21.2. The second-order valence-corrected chi connectivity index (χ2v) is 8.01. The summed E-state index contributed by atoms with van der Waals surface area (Å²) in [6.07, 6.45) is 6.15. The topological polar surface area (TPSA) is 43.6 Å². The summed E-state index contributed by atoms with van der Waals surface area (Å²) in [6, 6.07) is 16.4. The van der Waals surface area contributed by atoms with Crippen LogP contribution in [0.5, 0.6) is 0 Å². The molecule has 0 atom stereocenters. The summed E-state index contributed by atoms with van der Waals surface area (Å²) in [5.74, 6) is -0.113. The van der Waals surface area contributed by atoms with Crippen LogP contribution in [0.15, 0.2) is 79.3 Å². The summed E-state index contributed by atoms with van der Waals surface area (Å²) < 4.78 is 29.3. The molecule has 33 heavy (non-hydrogen) atoms. The minimum absolute atomic E-state index is 0.314. The van der Waals surface area contributed by atoms with Crippen LogP contribution >= 0.6 is 11.6 Å². The van der Waals surface area contributed by atoms with Gasteiger partial charge in [0.2, 0.25) is 0 Å². The van der Waals surface area contributed by atoms with Crippen LogP contribution in [-0.2, 0) is 6.54 Å². The maximum Gasteiger partial charge on any atom is 0.182 e. The lowest BCUT2D eigenvalue weighted by Gasteiger charge is -2.16. The molecule has 0 aliphatic heterocycles. The lowest BCUT2D eigenvalue weighted by molar-refractivity contribution is 0.610. The smallest absolute Gasteiger partial charge is 0.182 e. The molecule has 0 unspecified atom stereocenters. The summed E-state index contributed by atoms with van der Waals surface area (Å²) in [5.41, 5.74) is 5.42. The van der Waals surface area contributed by atoms with Crippen molar-refractivity contribution in [3.05, 3.63) is 90.9 Å². The molecule has 5 aromatic rings. The predicted molar refractivity (Wildman–Crippen MR) is 127 cm³/mol. The molecule has 0 aliphatic carbocycles. The highest BCUT2D eigenvalue weighted by Gasteiger charge is 2.21. The number of rotatable bonds is 6. The van der Waals surface area contributed by atoms with Gasteiger partial charge >= 0.3 is 0 Å². The first-order chi connectivity index (χ1) is 16.1. The third-order valence-corrected chi connectivity index (χ3v) is 5.72. The summed E-state index contributed by atoms with van der Waals surface area (Å²) in [4.78, 5) is 9.05. The highest BCUT2D eigenvalue weighted by atomic mass is 35.5. The molecule has 0 bridgehead atoms. The number of pyridine rings is 2. The van der Waals surface area contributed by atoms with Gasteiger partial charge in [-0.15, -0.1) is 11.6 Å². The van der Waals surface area contributed by atoms with Crippen LogP contribution in [0.25, 0.3) is 44.5 Å². The second-order valence-electron chi connectivity index (χ2n) is 7.63.